The quantitative estimate of drug-likeness (QED) is 0.608. The predicted octanol–water partition coefficient (Wildman–Crippen LogP) is 2.52. The molecule has 0 radical (unpaired) electrons. The third-order valence-corrected chi connectivity index (χ3v) is 2.51. The molecule has 0 saturated carbocycles. The number of hydrogen-bond donors (Lipinski definition) is 0. The minimum atomic E-state index is -0.00556. The van der Waals surface area contributed by atoms with Gasteiger partial charge in [0, 0.05) is 6.42 Å². The minimum absolute atomic E-state index is 0.00556. The van der Waals surface area contributed by atoms with Crippen LogP contribution < -0.4 is 0 Å². The lowest BCUT2D eigenvalue weighted by molar-refractivity contribution is -0.142. The van der Waals surface area contributed by atoms with E-state index in [0.717, 1.165) is 18.8 Å². The molecule has 0 aromatic heterocycles. The second kappa shape index (κ2) is 5.18. The molecule has 1 aliphatic heterocycles. The Morgan fingerprint density at radius 2 is 2.33 bits per heavy atom. The zero-order valence-electron chi connectivity index (χ0n) is 7.84. The van der Waals surface area contributed by atoms with E-state index in [0.29, 0.717) is 13.0 Å². The number of carbonyl (C=O) groups is 1. The molecule has 0 spiro atoms. The minimum Gasteiger partial charge on any atom is -0.466 e. The van der Waals surface area contributed by atoms with E-state index in [4.69, 9.17) is 4.74 Å². The van der Waals surface area contributed by atoms with Crippen LogP contribution in [-0.2, 0) is 9.53 Å². The van der Waals surface area contributed by atoms with Gasteiger partial charge >= 0.3 is 5.97 Å². The first-order chi connectivity index (χ1) is 5.83. The van der Waals surface area contributed by atoms with Crippen molar-refractivity contribution in [3.63, 3.8) is 0 Å². The molecule has 1 atom stereocenters. The topological polar surface area (TPSA) is 26.3 Å². The predicted molar refractivity (Wildman–Crippen MR) is 47.8 cm³/mol. The van der Waals surface area contributed by atoms with Crippen LogP contribution in [0, 0.1) is 5.92 Å². The molecule has 1 heterocycles. The van der Waals surface area contributed by atoms with Gasteiger partial charge in [-0.1, -0.05) is 26.2 Å². The SMILES string of the molecule is CCCC[C@@H]1CCOC(=O)CC1. The molecule has 1 fully saturated rings. The van der Waals surface area contributed by atoms with Gasteiger partial charge in [0.1, 0.15) is 0 Å². The Morgan fingerprint density at radius 1 is 1.50 bits per heavy atom. The maximum Gasteiger partial charge on any atom is 0.305 e. The van der Waals surface area contributed by atoms with Gasteiger partial charge in [0.15, 0.2) is 0 Å². The largest absolute Gasteiger partial charge is 0.466 e. The Bertz CT molecular complexity index is 143. The molecule has 0 aromatic rings. The third kappa shape index (κ3) is 3.24. The van der Waals surface area contributed by atoms with E-state index in [1.807, 2.05) is 0 Å². The van der Waals surface area contributed by atoms with Crippen LogP contribution in [0.3, 0.4) is 0 Å². The Kier molecular flexibility index (Phi) is 4.12. The van der Waals surface area contributed by atoms with Crippen molar-refractivity contribution < 1.29 is 9.53 Å². The van der Waals surface area contributed by atoms with Crippen LogP contribution in [0.25, 0.3) is 0 Å². The van der Waals surface area contributed by atoms with Crippen LogP contribution in [0.4, 0.5) is 0 Å². The van der Waals surface area contributed by atoms with Crippen molar-refractivity contribution in [2.45, 2.75) is 45.4 Å². The summed E-state index contributed by atoms with van der Waals surface area (Å²) in [5.74, 6) is 0.727. The van der Waals surface area contributed by atoms with Crippen LogP contribution in [0.2, 0.25) is 0 Å². The average molecular weight is 170 g/mol. The maximum absolute atomic E-state index is 10.9. The summed E-state index contributed by atoms with van der Waals surface area (Å²) in [6.45, 7) is 2.85. The molecule has 1 aliphatic rings. The van der Waals surface area contributed by atoms with Gasteiger partial charge in [-0.25, -0.2) is 0 Å². The van der Waals surface area contributed by atoms with Crippen molar-refractivity contribution in [3.8, 4) is 0 Å². The summed E-state index contributed by atoms with van der Waals surface area (Å²) in [6.07, 6.45) is 6.57. The van der Waals surface area contributed by atoms with E-state index in [2.05, 4.69) is 6.92 Å². The average Bonchev–Trinajstić information content (AvgIpc) is 2.27. The monoisotopic (exact) mass is 170 g/mol. The number of ether oxygens (including phenoxy) is 1. The van der Waals surface area contributed by atoms with Gasteiger partial charge < -0.3 is 4.74 Å². The molecule has 70 valence electrons. The number of hydrogen-bond acceptors (Lipinski definition) is 2. The molecule has 2 nitrogen and oxygen atoms in total. The van der Waals surface area contributed by atoms with Crippen LogP contribution in [0.15, 0.2) is 0 Å². The maximum atomic E-state index is 10.9. The van der Waals surface area contributed by atoms with Gasteiger partial charge in [0.05, 0.1) is 6.61 Å². The second-order valence-corrected chi connectivity index (χ2v) is 3.56. The third-order valence-electron chi connectivity index (χ3n) is 2.51. The molecule has 12 heavy (non-hydrogen) atoms. The molecular weight excluding hydrogens is 152 g/mol. The van der Waals surface area contributed by atoms with Crippen LogP contribution >= 0.6 is 0 Å². The summed E-state index contributed by atoms with van der Waals surface area (Å²) in [6, 6.07) is 0. The number of cyclic esters (lactones) is 1. The zero-order valence-corrected chi connectivity index (χ0v) is 7.84. The van der Waals surface area contributed by atoms with Gasteiger partial charge in [-0.2, -0.15) is 0 Å². The fourth-order valence-corrected chi connectivity index (χ4v) is 1.66. The highest BCUT2D eigenvalue weighted by molar-refractivity contribution is 5.69. The lowest BCUT2D eigenvalue weighted by atomic mass is 9.95. The van der Waals surface area contributed by atoms with E-state index in [1.54, 1.807) is 0 Å². The first-order valence-electron chi connectivity index (χ1n) is 4.98. The fraction of sp³-hybridized carbons (Fsp3) is 0.900. The first kappa shape index (κ1) is 9.56. The molecule has 1 saturated heterocycles. The first-order valence-corrected chi connectivity index (χ1v) is 4.98. The van der Waals surface area contributed by atoms with Gasteiger partial charge in [0.2, 0.25) is 0 Å². The molecule has 0 bridgehead atoms. The lowest BCUT2D eigenvalue weighted by Gasteiger charge is -2.10. The zero-order chi connectivity index (χ0) is 8.81. The van der Waals surface area contributed by atoms with Crippen molar-refractivity contribution in [3.05, 3.63) is 0 Å². The standard InChI is InChI=1S/C10H18O2/c1-2-3-4-9-5-6-10(11)12-8-7-9/h9H,2-8H2,1H3/t9-/m0/s1. The molecule has 0 amide bonds. The van der Waals surface area contributed by atoms with E-state index >= 15 is 0 Å². The van der Waals surface area contributed by atoms with Gasteiger partial charge in [-0.15, -0.1) is 0 Å². The normalized spacial score (nSPS) is 24.8. The molecular formula is C10H18O2. The highest BCUT2D eigenvalue weighted by atomic mass is 16.5. The molecule has 0 unspecified atom stereocenters. The van der Waals surface area contributed by atoms with Gasteiger partial charge in [-0.3, -0.25) is 4.79 Å². The Morgan fingerprint density at radius 3 is 3.08 bits per heavy atom. The molecule has 1 rings (SSSR count). The molecule has 0 aliphatic carbocycles. The molecule has 0 aromatic carbocycles. The highest BCUT2D eigenvalue weighted by Crippen LogP contribution is 2.21. The van der Waals surface area contributed by atoms with E-state index < -0.39 is 0 Å². The summed E-state index contributed by atoms with van der Waals surface area (Å²) in [4.78, 5) is 10.9. The lowest BCUT2D eigenvalue weighted by Crippen LogP contribution is -2.00. The fourth-order valence-electron chi connectivity index (χ4n) is 1.66. The van der Waals surface area contributed by atoms with E-state index in [1.165, 1.54) is 19.3 Å². The van der Waals surface area contributed by atoms with Crippen molar-refractivity contribution >= 4 is 5.97 Å². The van der Waals surface area contributed by atoms with Crippen molar-refractivity contribution in [1.82, 2.24) is 0 Å². The molecule has 2 heteroatoms. The summed E-state index contributed by atoms with van der Waals surface area (Å²) < 4.78 is 4.97. The van der Waals surface area contributed by atoms with Crippen LogP contribution in [0.1, 0.15) is 45.4 Å². The summed E-state index contributed by atoms with van der Waals surface area (Å²) in [5, 5.41) is 0. The van der Waals surface area contributed by atoms with Gasteiger partial charge in [0.25, 0.3) is 0 Å². The van der Waals surface area contributed by atoms with Crippen molar-refractivity contribution in [1.29, 1.82) is 0 Å². The van der Waals surface area contributed by atoms with Crippen molar-refractivity contribution in [2.24, 2.45) is 5.92 Å². The summed E-state index contributed by atoms with van der Waals surface area (Å²) in [5.41, 5.74) is 0. The Balaban J connectivity index is 2.21. The van der Waals surface area contributed by atoms with Crippen molar-refractivity contribution in [2.75, 3.05) is 6.61 Å². The summed E-state index contributed by atoms with van der Waals surface area (Å²) >= 11 is 0. The number of unbranched alkanes of at least 4 members (excludes halogenated alkanes) is 1. The van der Waals surface area contributed by atoms with Crippen LogP contribution in [-0.4, -0.2) is 12.6 Å². The highest BCUT2D eigenvalue weighted by Gasteiger charge is 2.16. The number of rotatable bonds is 3. The van der Waals surface area contributed by atoms with Crippen LogP contribution in [0.5, 0.6) is 0 Å². The molecule has 0 N–H and O–H groups in total. The van der Waals surface area contributed by atoms with Gasteiger partial charge in [-0.05, 0) is 18.8 Å². The van der Waals surface area contributed by atoms with E-state index in [9.17, 15) is 4.79 Å². The Labute approximate surface area is 74.3 Å². The number of esters is 1. The van der Waals surface area contributed by atoms with E-state index in [-0.39, 0.29) is 5.97 Å². The smallest absolute Gasteiger partial charge is 0.305 e. The number of carbonyl (C=O) groups excluding carboxylic acids is 1. The summed E-state index contributed by atoms with van der Waals surface area (Å²) in [7, 11) is 0. The Hall–Kier alpha value is -0.530. The second-order valence-electron chi connectivity index (χ2n) is 3.56.